The Bertz CT molecular complexity index is 589. The van der Waals surface area contributed by atoms with E-state index in [-0.39, 0.29) is 17.7 Å². The molecule has 112 valence electrons. The van der Waals surface area contributed by atoms with Crippen molar-refractivity contribution in [3.63, 3.8) is 0 Å². The molecule has 1 N–H and O–H groups in total. The minimum absolute atomic E-state index is 0.0635. The molecule has 5 nitrogen and oxygen atoms in total. The van der Waals surface area contributed by atoms with Crippen LogP contribution in [-0.4, -0.2) is 45.9 Å². The van der Waals surface area contributed by atoms with Gasteiger partial charge in [-0.25, -0.2) is 4.79 Å². The molecule has 0 saturated carbocycles. The topological polar surface area (TPSA) is 66.8 Å². The van der Waals surface area contributed by atoms with Crippen molar-refractivity contribution < 1.29 is 19.4 Å². The van der Waals surface area contributed by atoms with Gasteiger partial charge in [-0.15, -0.1) is 11.8 Å². The fraction of sp³-hybridized carbons (Fsp3) is 0.467. The van der Waals surface area contributed by atoms with Gasteiger partial charge in [0.15, 0.2) is 5.54 Å². The average molecular weight is 307 g/mol. The lowest BCUT2D eigenvalue weighted by atomic mass is 9.83. The van der Waals surface area contributed by atoms with E-state index in [0.717, 1.165) is 5.56 Å². The maximum Gasteiger partial charge on any atom is 0.335 e. The van der Waals surface area contributed by atoms with Crippen LogP contribution in [0, 0.1) is 0 Å². The molecule has 0 radical (unpaired) electrons. The van der Waals surface area contributed by atoms with E-state index < -0.39 is 17.1 Å². The Morgan fingerprint density at radius 1 is 1.43 bits per heavy atom. The molecule has 1 aromatic carbocycles. The van der Waals surface area contributed by atoms with Gasteiger partial charge in [-0.05, 0) is 12.5 Å². The standard InChI is InChI=1S/C15H17NO4S/c1-14(19)8-11(17)16-12(10-6-4-3-5-7-10)21-9-15(14,16)13(18)20-2/h3-7,12,19H,8-9H2,1-2H3/t12-,14-,15+/m1/s1. The normalized spacial score (nSPS) is 34.9. The zero-order valence-electron chi connectivity index (χ0n) is 11.9. The van der Waals surface area contributed by atoms with Gasteiger partial charge in [0.1, 0.15) is 11.0 Å². The Kier molecular flexibility index (Phi) is 3.26. The van der Waals surface area contributed by atoms with Crippen molar-refractivity contribution in [1.29, 1.82) is 0 Å². The first-order chi connectivity index (χ1) is 9.94. The van der Waals surface area contributed by atoms with Crippen LogP contribution in [0.25, 0.3) is 0 Å². The number of esters is 1. The summed E-state index contributed by atoms with van der Waals surface area (Å²) < 4.78 is 4.90. The van der Waals surface area contributed by atoms with E-state index in [4.69, 9.17) is 4.74 Å². The molecule has 2 fully saturated rings. The summed E-state index contributed by atoms with van der Waals surface area (Å²) in [4.78, 5) is 26.3. The molecule has 0 aliphatic carbocycles. The molecule has 1 amide bonds. The lowest BCUT2D eigenvalue weighted by Crippen LogP contribution is -2.61. The first kappa shape index (κ1) is 14.4. The van der Waals surface area contributed by atoms with Gasteiger partial charge in [0.25, 0.3) is 0 Å². The van der Waals surface area contributed by atoms with Crippen LogP contribution in [0.3, 0.4) is 0 Å². The van der Waals surface area contributed by atoms with Crippen molar-refractivity contribution in [1.82, 2.24) is 4.90 Å². The second-order valence-electron chi connectivity index (χ2n) is 5.64. The Hall–Kier alpha value is -1.53. The molecule has 3 rings (SSSR count). The van der Waals surface area contributed by atoms with Crippen LogP contribution in [0.5, 0.6) is 0 Å². The van der Waals surface area contributed by atoms with E-state index in [1.807, 2.05) is 30.3 Å². The predicted octanol–water partition coefficient (Wildman–Crippen LogP) is 1.33. The van der Waals surface area contributed by atoms with Gasteiger partial charge in [0.05, 0.1) is 13.5 Å². The molecule has 2 saturated heterocycles. The molecule has 3 atom stereocenters. The highest BCUT2D eigenvalue weighted by Crippen LogP contribution is 2.56. The molecule has 2 aliphatic heterocycles. The van der Waals surface area contributed by atoms with Crippen molar-refractivity contribution in [3.8, 4) is 0 Å². The first-order valence-electron chi connectivity index (χ1n) is 6.73. The van der Waals surface area contributed by atoms with Gasteiger partial charge in [-0.2, -0.15) is 0 Å². The van der Waals surface area contributed by atoms with Crippen LogP contribution in [-0.2, 0) is 14.3 Å². The van der Waals surface area contributed by atoms with Gasteiger partial charge < -0.3 is 14.7 Å². The van der Waals surface area contributed by atoms with Gasteiger partial charge >= 0.3 is 5.97 Å². The molecule has 1 aromatic rings. The maximum absolute atomic E-state index is 12.4. The monoisotopic (exact) mass is 307 g/mol. The number of fused-ring (bicyclic) bond motifs is 1. The molecule has 0 unspecified atom stereocenters. The summed E-state index contributed by atoms with van der Waals surface area (Å²) in [7, 11) is 1.29. The van der Waals surface area contributed by atoms with E-state index in [9.17, 15) is 14.7 Å². The molecule has 2 heterocycles. The number of nitrogens with zero attached hydrogens (tertiary/aromatic N) is 1. The number of hydrogen-bond donors (Lipinski definition) is 1. The summed E-state index contributed by atoms with van der Waals surface area (Å²) in [6.45, 7) is 1.54. The highest BCUT2D eigenvalue weighted by Gasteiger charge is 2.70. The third-order valence-corrected chi connectivity index (χ3v) is 5.74. The van der Waals surface area contributed by atoms with E-state index in [1.54, 1.807) is 0 Å². The Balaban J connectivity index is 2.09. The largest absolute Gasteiger partial charge is 0.467 e. The molecule has 0 spiro atoms. The molecule has 0 bridgehead atoms. The number of hydrogen-bond acceptors (Lipinski definition) is 5. The van der Waals surface area contributed by atoms with Crippen LogP contribution in [0.1, 0.15) is 24.3 Å². The van der Waals surface area contributed by atoms with Crippen LogP contribution < -0.4 is 0 Å². The van der Waals surface area contributed by atoms with Gasteiger partial charge in [-0.1, -0.05) is 30.3 Å². The number of ether oxygens (including phenoxy) is 1. The zero-order valence-corrected chi connectivity index (χ0v) is 12.7. The highest BCUT2D eigenvalue weighted by atomic mass is 32.2. The maximum atomic E-state index is 12.4. The van der Waals surface area contributed by atoms with Gasteiger partial charge in [0.2, 0.25) is 5.91 Å². The average Bonchev–Trinajstić information content (AvgIpc) is 2.96. The van der Waals surface area contributed by atoms with Crippen molar-refractivity contribution in [2.24, 2.45) is 0 Å². The van der Waals surface area contributed by atoms with E-state index in [0.29, 0.717) is 5.75 Å². The number of carbonyl (C=O) groups excluding carboxylic acids is 2. The third-order valence-electron chi connectivity index (χ3n) is 4.36. The highest BCUT2D eigenvalue weighted by molar-refractivity contribution is 7.99. The lowest BCUT2D eigenvalue weighted by Gasteiger charge is -2.38. The summed E-state index contributed by atoms with van der Waals surface area (Å²) in [5.41, 5.74) is -1.78. The van der Waals surface area contributed by atoms with E-state index in [2.05, 4.69) is 0 Å². The number of carbonyl (C=O) groups is 2. The van der Waals surface area contributed by atoms with Crippen molar-refractivity contribution >= 4 is 23.6 Å². The number of amides is 1. The van der Waals surface area contributed by atoms with Crippen molar-refractivity contribution in [2.75, 3.05) is 12.9 Å². The molecule has 2 aliphatic rings. The summed E-state index contributed by atoms with van der Waals surface area (Å²) >= 11 is 1.48. The zero-order chi connectivity index (χ0) is 15.3. The number of rotatable bonds is 2. The number of methoxy groups -OCH3 is 1. The second kappa shape index (κ2) is 4.74. The van der Waals surface area contributed by atoms with Crippen molar-refractivity contribution in [3.05, 3.63) is 35.9 Å². The predicted molar refractivity (Wildman–Crippen MR) is 78.5 cm³/mol. The van der Waals surface area contributed by atoms with E-state index >= 15 is 0 Å². The van der Waals surface area contributed by atoms with Gasteiger partial charge in [0, 0.05) is 5.75 Å². The van der Waals surface area contributed by atoms with Crippen LogP contribution in [0.4, 0.5) is 0 Å². The third kappa shape index (κ3) is 1.82. The molecular weight excluding hydrogens is 290 g/mol. The molecule has 21 heavy (non-hydrogen) atoms. The minimum atomic E-state index is -1.42. The summed E-state index contributed by atoms with van der Waals surface area (Å²) in [5, 5.41) is 10.4. The van der Waals surface area contributed by atoms with Crippen LogP contribution in [0.2, 0.25) is 0 Å². The summed E-state index contributed by atoms with van der Waals surface area (Å²) in [6.07, 6.45) is -0.0635. The summed E-state index contributed by atoms with van der Waals surface area (Å²) in [5.74, 6) is -0.439. The first-order valence-corrected chi connectivity index (χ1v) is 7.78. The smallest absolute Gasteiger partial charge is 0.335 e. The van der Waals surface area contributed by atoms with E-state index in [1.165, 1.54) is 30.7 Å². The van der Waals surface area contributed by atoms with Crippen LogP contribution >= 0.6 is 11.8 Å². The van der Waals surface area contributed by atoms with Gasteiger partial charge in [-0.3, -0.25) is 4.79 Å². The van der Waals surface area contributed by atoms with Crippen LogP contribution in [0.15, 0.2) is 30.3 Å². The minimum Gasteiger partial charge on any atom is -0.467 e. The van der Waals surface area contributed by atoms with Crippen molar-refractivity contribution in [2.45, 2.75) is 29.9 Å². The SMILES string of the molecule is COC(=O)[C@]12CS[C@H](c3ccccc3)N1C(=O)C[C@@]2(C)O. The second-order valence-corrected chi connectivity index (χ2v) is 6.71. The fourth-order valence-electron chi connectivity index (χ4n) is 3.24. The quantitative estimate of drug-likeness (QED) is 0.835. The Morgan fingerprint density at radius 2 is 2.10 bits per heavy atom. The number of aliphatic hydroxyl groups is 1. The Labute approximate surface area is 127 Å². The number of thioether (sulfide) groups is 1. The molecule has 6 heteroatoms. The lowest BCUT2D eigenvalue weighted by molar-refractivity contribution is -0.165. The fourth-order valence-corrected chi connectivity index (χ4v) is 5.00. The molecular formula is C15H17NO4S. The Morgan fingerprint density at radius 3 is 2.71 bits per heavy atom. The number of benzene rings is 1. The summed E-state index contributed by atoms with van der Waals surface area (Å²) in [6, 6.07) is 9.54. The molecule has 0 aromatic heterocycles.